The largest absolute Gasteiger partial charge is 0.423 e. The van der Waals surface area contributed by atoms with Crippen molar-refractivity contribution < 1.29 is 4.42 Å². The molecule has 0 amide bonds. The molecule has 1 aromatic heterocycles. The van der Waals surface area contributed by atoms with E-state index in [1.807, 2.05) is 44.2 Å². The second-order valence-electron chi connectivity index (χ2n) is 3.91. The average molecular weight is 217 g/mol. The van der Waals surface area contributed by atoms with Crippen LogP contribution in [0.3, 0.4) is 0 Å². The Morgan fingerprint density at radius 2 is 1.94 bits per heavy atom. The molecule has 1 heterocycles. The molecule has 0 bridgehead atoms. The van der Waals surface area contributed by atoms with Gasteiger partial charge in [0.15, 0.2) is 0 Å². The molecule has 0 fully saturated rings. The Morgan fingerprint density at radius 3 is 2.56 bits per heavy atom. The SMILES string of the molecule is CC(C)c1nnc(CNc2ccccc2)o1. The summed E-state index contributed by atoms with van der Waals surface area (Å²) in [6.07, 6.45) is 0. The van der Waals surface area contributed by atoms with Gasteiger partial charge in [-0.3, -0.25) is 0 Å². The molecule has 4 heteroatoms. The van der Waals surface area contributed by atoms with Gasteiger partial charge < -0.3 is 9.73 Å². The summed E-state index contributed by atoms with van der Waals surface area (Å²) in [5, 5.41) is 11.2. The third kappa shape index (κ3) is 2.59. The van der Waals surface area contributed by atoms with E-state index in [-0.39, 0.29) is 5.92 Å². The number of hydrogen-bond donors (Lipinski definition) is 1. The van der Waals surface area contributed by atoms with E-state index in [1.165, 1.54) is 0 Å². The molecule has 0 aliphatic rings. The molecule has 0 aliphatic heterocycles. The summed E-state index contributed by atoms with van der Waals surface area (Å²) in [7, 11) is 0. The first-order chi connectivity index (χ1) is 7.75. The fourth-order valence-corrected chi connectivity index (χ4v) is 1.31. The molecule has 1 aromatic carbocycles. The number of aromatic nitrogens is 2. The lowest BCUT2D eigenvalue weighted by atomic mass is 10.2. The molecule has 0 saturated carbocycles. The zero-order chi connectivity index (χ0) is 11.4. The topological polar surface area (TPSA) is 51.0 Å². The van der Waals surface area contributed by atoms with Gasteiger partial charge in [0.05, 0.1) is 6.54 Å². The Morgan fingerprint density at radius 1 is 1.19 bits per heavy atom. The lowest BCUT2D eigenvalue weighted by molar-refractivity contribution is 0.437. The smallest absolute Gasteiger partial charge is 0.235 e. The van der Waals surface area contributed by atoms with Crippen LogP contribution in [-0.2, 0) is 6.54 Å². The first-order valence-electron chi connectivity index (χ1n) is 5.37. The monoisotopic (exact) mass is 217 g/mol. The van der Waals surface area contributed by atoms with E-state index in [1.54, 1.807) is 0 Å². The van der Waals surface area contributed by atoms with Gasteiger partial charge in [-0.25, -0.2) is 0 Å². The van der Waals surface area contributed by atoms with Gasteiger partial charge in [-0.1, -0.05) is 32.0 Å². The molecule has 1 N–H and O–H groups in total. The standard InChI is InChI=1S/C12H15N3O/c1-9(2)12-15-14-11(16-12)8-13-10-6-4-3-5-7-10/h3-7,9,13H,8H2,1-2H3. The third-order valence-corrected chi connectivity index (χ3v) is 2.19. The molecule has 2 rings (SSSR count). The summed E-state index contributed by atoms with van der Waals surface area (Å²) in [5.74, 6) is 1.58. The van der Waals surface area contributed by atoms with Crippen LogP contribution in [-0.4, -0.2) is 10.2 Å². The lowest BCUT2D eigenvalue weighted by Gasteiger charge is -2.01. The average Bonchev–Trinajstić information content (AvgIpc) is 2.76. The molecular weight excluding hydrogens is 202 g/mol. The predicted octanol–water partition coefficient (Wildman–Crippen LogP) is 2.81. The Hall–Kier alpha value is -1.84. The Kier molecular flexibility index (Phi) is 3.19. The quantitative estimate of drug-likeness (QED) is 0.855. The van der Waals surface area contributed by atoms with Crippen molar-refractivity contribution in [3.63, 3.8) is 0 Å². The summed E-state index contributed by atoms with van der Waals surface area (Å²) < 4.78 is 5.48. The molecule has 0 saturated heterocycles. The zero-order valence-electron chi connectivity index (χ0n) is 9.47. The van der Waals surface area contributed by atoms with Crippen LogP contribution in [0.1, 0.15) is 31.5 Å². The van der Waals surface area contributed by atoms with Crippen LogP contribution in [0.15, 0.2) is 34.7 Å². The van der Waals surface area contributed by atoms with Crippen LogP contribution in [0.4, 0.5) is 5.69 Å². The van der Waals surface area contributed by atoms with Gasteiger partial charge in [0.1, 0.15) is 0 Å². The van der Waals surface area contributed by atoms with E-state index in [0.717, 1.165) is 5.69 Å². The maximum Gasteiger partial charge on any atom is 0.235 e. The number of rotatable bonds is 4. The molecule has 0 aliphatic carbocycles. The molecule has 84 valence electrons. The summed E-state index contributed by atoms with van der Waals surface area (Å²) >= 11 is 0. The number of nitrogens with one attached hydrogen (secondary N) is 1. The first kappa shape index (κ1) is 10.7. The van der Waals surface area contributed by atoms with E-state index in [0.29, 0.717) is 18.3 Å². The molecule has 0 unspecified atom stereocenters. The predicted molar refractivity (Wildman–Crippen MR) is 62.2 cm³/mol. The molecule has 0 atom stereocenters. The van der Waals surface area contributed by atoms with Crippen LogP contribution in [0, 0.1) is 0 Å². The minimum atomic E-state index is 0.276. The third-order valence-electron chi connectivity index (χ3n) is 2.19. The maximum absolute atomic E-state index is 5.48. The highest BCUT2D eigenvalue weighted by Gasteiger charge is 2.08. The maximum atomic E-state index is 5.48. The normalized spacial score (nSPS) is 10.7. The van der Waals surface area contributed by atoms with Crippen molar-refractivity contribution in [2.45, 2.75) is 26.3 Å². The Bertz CT molecular complexity index is 437. The highest BCUT2D eigenvalue weighted by atomic mass is 16.4. The van der Waals surface area contributed by atoms with E-state index < -0.39 is 0 Å². The summed E-state index contributed by atoms with van der Waals surface area (Å²) in [4.78, 5) is 0. The van der Waals surface area contributed by atoms with E-state index in [2.05, 4.69) is 15.5 Å². The molecule has 16 heavy (non-hydrogen) atoms. The van der Waals surface area contributed by atoms with Gasteiger partial charge in [-0.05, 0) is 12.1 Å². The van der Waals surface area contributed by atoms with Crippen LogP contribution in [0.25, 0.3) is 0 Å². The highest BCUT2D eigenvalue weighted by Crippen LogP contribution is 2.13. The fourth-order valence-electron chi connectivity index (χ4n) is 1.31. The van der Waals surface area contributed by atoms with Crippen molar-refractivity contribution in [3.05, 3.63) is 42.1 Å². The van der Waals surface area contributed by atoms with E-state index in [9.17, 15) is 0 Å². The van der Waals surface area contributed by atoms with Crippen molar-refractivity contribution in [1.82, 2.24) is 10.2 Å². The molecular formula is C12H15N3O. The number of para-hydroxylation sites is 1. The zero-order valence-corrected chi connectivity index (χ0v) is 9.47. The van der Waals surface area contributed by atoms with E-state index >= 15 is 0 Å². The van der Waals surface area contributed by atoms with Gasteiger partial charge in [-0.15, -0.1) is 10.2 Å². The lowest BCUT2D eigenvalue weighted by Crippen LogP contribution is -1.99. The molecule has 2 aromatic rings. The van der Waals surface area contributed by atoms with Crippen LogP contribution in [0.5, 0.6) is 0 Å². The van der Waals surface area contributed by atoms with Crippen molar-refractivity contribution in [2.24, 2.45) is 0 Å². The minimum absolute atomic E-state index is 0.276. The molecule has 0 radical (unpaired) electrons. The second kappa shape index (κ2) is 4.79. The summed E-state index contributed by atoms with van der Waals surface area (Å²) in [6.45, 7) is 4.62. The van der Waals surface area contributed by atoms with Gasteiger partial charge in [-0.2, -0.15) is 0 Å². The van der Waals surface area contributed by atoms with Crippen molar-refractivity contribution in [1.29, 1.82) is 0 Å². The summed E-state index contributed by atoms with van der Waals surface area (Å²) in [6, 6.07) is 9.94. The number of benzene rings is 1. The van der Waals surface area contributed by atoms with Crippen LogP contribution in [0.2, 0.25) is 0 Å². The second-order valence-corrected chi connectivity index (χ2v) is 3.91. The van der Waals surface area contributed by atoms with E-state index in [4.69, 9.17) is 4.42 Å². The van der Waals surface area contributed by atoms with Crippen LogP contribution >= 0.6 is 0 Å². The van der Waals surface area contributed by atoms with Crippen molar-refractivity contribution >= 4 is 5.69 Å². The van der Waals surface area contributed by atoms with Gasteiger partial charge in [0.25, 0.3) is 0 Å². The molecule has 4 nitrogen and oxygen atoms in total. The van der Waals surface area contributed by atoms with Crippen molar-refractivity contribution in [3.8, 4) is 0 Å². The van der Waals surface area contributed by atoms with Gasteiger partial charge >= 0.3 is 0 Å². The van der Waals surface area contributed by atoms with Crippen molar-refractivity contribution in [2.75, 3.05) is 5.32 Å². The molecule has 0 spiro atoms. The number of nitrogens with zero attached hydrogens (tertiary/aromatic N) is 2. The number of anilines is 1. The first-order valence-corrected chi connectivity index (χ1v) is 5.37. The summed E-state index contributed by atoms with van der Waals surface area (Å²) in [5.41, 5.74) is 1.05. The van der Waals surface area contributed by atoms with Gasteiger partial charge in [0, 0.05) is 11.6 Å². The Balaban J connectivity index is 1.95. The highest BCUT2D eigenvalue weighted by molar-refractivity contribution is 5.42. The van der Waals surface area contributed by atoms with Gasteiger partial charge in [0.2, 0.25) is 11.8 Å². The number of hydrogen-bond acceptors (Lipinski definition) is 4. The van der Waals surface area contributed by atoms with Crippen LogP contribution < -0.4 is 5.32 Å². The fraction of sp³-hybridized carbons (Fsp3) is 0.333. The Labute approximate surface area is 94.7 Å². The minimum Gasteiger partial charge on any atom is -0.423 e.